The molecule has 1 N–H and O–H groups in total. The van der Waals surface area contributed by atoms with E-state index in [4.69, 9.17) is 9.47 Å². The zero-order valence-electron chi connectivity index (χ0n) is 21.9. The molecule has 1 spiro atoms. The highest BCUT2D eigenvalue weighted by Gasteiger charge is 2.54. The lowest BCUT2D eigenvalue weighted by atomic mass is 9.85. The van der Waals surface area contributed by atoms with E-state index in [9.17, 15) is 14.4 Å². The molecule has 0 bridgehead atoms. The molecule has 2 aromatic carbocycles. The third-order valence-electron chi connectivity index (χ3n) is 7.29. The number of unbranched alkanes of at least 4 members (excludes halogenated alkanes) is 1. The normalized spacial score (nSPS) is 16.7. The Balaban J connectivity index is 1.55. The summed E-state index contributed by atoms with van der Waals surface area (Å²) in [5.74, 6) is 0.500. The van der Waals surface area contributed by atoms with E-state index >= 15 is 0 Å². The van der Waals surface area contributed by atoms with Crippen LogP contribution in [-0.4, -0.2) is 80.1 Å². The maximum absolute atomic E-state index is 13.8. The van der Waals surface area contributed by atoms with Crippen LogP contribution in [-0.2, 0) is 9.59 Å². The summed E-state index contributed by atoms with van der Waals surface area (Å²) in [5, 5.41) is 2.91. The van der Waals surface area contributed by atoms with Crippen LogP contribution in [0.2, 0.25) is 0 Å². The molecule has 0 saturated carbocycles. The van der Waals surface area contributed by atoms with Gasteiger partial charge >= 0.3 is 0 Å². The van der Waals surface area contributed by atoms with Gasteiger partial charge in [-0.1, -0.05) is 37.6 Å². The van der Waals surface area contributed by atoms with Crippen molar-refractivity contribution < 1.29 is 23.9 Å². The number of carbonyl (C=O) groups excluding carboxylic acids is 3. The number of amides is 3. The minimum absolute atomic E-state index is 0.0225. The Morgan fingerprint density at radius 3 is 2.22 bits per heavy atom. The van der Waals surface area contributed by atoms with Crippen molar-refractivity contribution in [2.24, 2.45) is 0 Å². The van der Waals surface area contributed by atoms with Crippen molar-refractivity contribution in [3.8, 4) is 11.5 Å². The molecule has 37 heavy (non-hydrogen) atoms. The molecule has 198 valence electrons. The predicted octanol–water partition coefficient (Wildman–Crippen LogP) is 2.90. The van der Waals surface area contributed by atoms with Gasteiger partial charge in [0.2, 0.25) is 5.91 Å². The molecule has 2 aliphatic heterocycles. The Hall–Kier alpha value is -3.75. The zero-order valence-corrected chi connectivity index (χ0v) is 21.9. The second-order valence-corrected chi connectivity index (χ2v) is 9.47. The van der Waals surface area contributed by atoms with Crippen LogP contribution in [0.15, 0.2) is 48.5 Å². The Morgan fingerprint density at radius 1 is 0.973 bits per heavy atom. The number of para-hydroxylation sites is 1. The minimum atomic E-state index is -0.813. The van der Waals surface area contributed by atoms with Crippen LogP contribution >= 0.6 is 0 Å². The maximum atomic E-state index is 13.8. The number of rotatable bonds is 9. The molecule has 9 heteroatoms. The molecule has 2 fully saturated rings. The number of hydrogen-bond acceptors (Lipinski definition) is 6. The van der Waals surface area contributed by atoms with E-state index in [-0.39, 0.29) is 24.3 Å². The Bertz CT molecular complexity index is 1090. The van der Waals surface area contributed by atoms with E-state index in [0.29, 0.717) is 56.2 Å². The highest BCUT2D eigenvalue weighted by atomic mass is 16.5. The summed E-state index contributed by atoms with van der Waals surface area (Å²) in [5.41, 5.74) is 0.495. The smallest absolute Gasteiger partial charge is 0.261 e. The van der Waals surface area contributed by atoms with Gasteiger partial charge in [0.05, 0.1) is 20.9 Å². The molecule has 0 aromatic heterocycles. The molecular weight excluding hydrogens is 472 g/mol. The quantitative estimate of drug-likeness (QED) is 0.524. The number of likely N-dealkylation sites (tertiary alicyclic amines) is 1. The van der Waals surface area contributed by atoms with E-state index in [2.05, 4.69) is 17.1 Å². The highest BCUT2D eigenvalue weighted by Crippen LogP contribution is 2.40. The molecule has 2 aliphatic rings. The average molecular weight is 509 g/mol. The maximum Gasteiger partial charge on any atom is 0.261 e. The van der Waals surface area contributed by atoms with E-state index in [1.165, 1.54) is 14.2 Å². The van der Waals surface area contributed by atoms with Crippen LogP contribution in [0.4, 0.5) is 5.69 Å². The summed E-state index contributed by atoms with van der Waals surface area (Å²) in [6, 6.07) is 15.1. The number of anilines is 1. The number of benzene rings is 2. The van der Waals surface area contributed by atoms with Crippen LogP contribution in [0.25, 0.3) is 0 Å². The van der Waals surface area contributed by atoms with Crippen molar-refractivity contribution in [1.82, 2.24) is 15.1 Å². The monoisotopic (exact) mass is 508 g/mol. The molecule has 2 saturated heterocycles. The first-order valence-corrected chi connectivity index (χ1v) is 12.8. The number of carbonyl (C=O) groups is 3. The number of nitrogens with one attached hydrogen (secondary N) is 1. The fourth-order valence-corrected chi connectivity index (χ4v) is 5.26. The zero-order chi connectivity index (χ0) is 26.4. The molecule has 0 aliphatic carbocycles. The van der Waals surface area contributed by atoms with Gasteiger partial charge in [0.15, 0.2) is 0 Å². The van der Waals surface area contributed by atoms with Gasteiger partial charge in [0, 0.05) is 25.3 Å². The van der Waals surface area contributed by atoms with Crippen molar-refractivity contribution in [1.29, 1.82) is 0 Å². The van der Waals surface area contributed by atoms with Gasteiger partial charge in [0.25, 0.3) is 11.8 Å². The van der Waals surface area contributed by atoms with Crippen molar-refractivity contribution >= 4 is 23.4 Å². The van der Waals surface area contributed by atoms with E-state index in [1.54, 1.807) is 28.0 Å². The Labute approximate surface area is 218 Å². The Kier molecular flexibility index (Phi) is 8.21. The summed E-state index contributed by atoms with van der Waals surface area (Å²) < 4.78 is 10.9. The number of hydrogen-bond donors (Lipinski definition) is 1. The second-order valence-electron chi connectivity index (χ2n) is 9.47. The van der Waals surface area contributed by atoms with Gasteiger partial charge in [0.1, 0.15) is 29.1 Å². The molecule has 2 heterocycles. The van der Waals surface area contributed by atoms with Gasteiger partial charge in [-0.15, -0.1) is 0 Å². The van der Waals surface area contributed by atoms with Crippen molar-refractivity contribution in [3.63, 3.8) is 0 Å². The second kappa shape index (κ2) is 11.5. The van der Waals surface area contributed by atoms with Crippen LogP contribution in [0.3, 0.4) is 0 Å². The lowest BCUT2D eigenvalue weighted by molar-refractivity contribution is -0.137. The standard InChI is InChI=1S/C28H36N4O5/c1-4-5-16-29-24(33)19-31-20-32(21-10-7-6-8-11-21)28(27(31)35)14-17-30(18-15-28)26(34)25-22(36-2)12-9-13-23(25)37-3/h6-13H,4-5,14-20H2,1-3H3,(H,29,33). The fourth-order valence-electron chi connectivity index (χ4n) is 5.26. The summed E-state index contributed by atoms with van der Waals surface area (Å²) in [6.07, 6.45) is 2.81. The molecule has 9 nitrogen and oxygen atoms in total. The lowest BCUT2D eigenvalue weighted by Gasteiger charge is -2.43. The third-order valence-corrected chi connectivity index (χ3v) is 7.29. The molecule has 2 aromatic rings. The molecule has 3 amide bonds. The molecule has 0 unspecified atom stereocenters. The summed E-state index contributed by atoms with van der Waals surface area (Å²) in [4.78, 5) is 45.4. The topological polar surface area (TPSA) is 91.4 Å². The fraction of sp³-hybridized carbons (Fsp3) is 0.464. The van der Waals surface area contributed by atoms with E-state index < -0.39 is 5.54 Å². The van der Waals surface area contributed by atoms with Crippen molar-refractivity contribution in [3.05, 3.63) is 54.1 Å². The molecular formula is C28H36N4O5. The van der Waals surface area contributed by atoms with Gasteiger partial charge in [-0.2, -0.15) is 0 Å². The number of nitrogens with zero attached hydrogens (tertiary/aromatic N) is 3. The van der Waals surface area contributed by atoms with Crippen LogP contribution in [0.5, 0.6) is 11.5 Å². The highest BCUT2D eigenvalue weighted by molar-refractivity contribution is 6.00. The van der Waals surface area contributed by atoms with E-state index in [1.807, 2.05) is 30.3 Å². The number of piperidine rings is 1. The van der Waals surface area contributed by atoms with Crippen molar-refractivity contribution in [2.45, 2.75) is 38.1 Å². The largest absolute Gasteiger partial charge is 0.496 e. The number of methoxy groups -OCH3 is 2. The number of ether oxygens (including phenoxy) is 2. The van der Waals surface area contributed by atoms with Crippen LogP contribution in [0.1, 0.15) is 43.0 Å². The van der Waals surface area contributed by atoms with Gasteiger partial charge < -0.3 is 29.5 Å². The third kappa shape index (κ3) is 5.21. The van der Waals surface area contributed by atoms with E-state index in [0.717, 1.165) is 18.5 Å². The minimum Gasteiger partial charge on any atom is -0.496 e. The predicted molar refractivity (Wildman–Crippen MR) is 141 cm³/mol. The summed E-state index contributed by atoms with van der Waals surface area (Å²) >= 11 is 0. The van der Waals surface area contributed by atoms with Gasteiger partial charge in [-0.25, -0.2) is 0 Å². The average Bonchev–Trinajstić information content (AvgIpc) is 3.19. The van der Waals surface area contributed by atoms with Gasteiger partial charge in [-0.3, -0.25) is 14.4 Å². The lowest BCUT2D eigenvalue weighted by Crippen LogP contribution is -2.57. The summed E-state index contributed by atoms with van der Waals surface area (Å²) in [6.45, 7) is 3.82. The first kappa shape index (κ1) is 26.3. The summed E-state index contributed by atoms with van der Waals surface area (Å²) in [7, 11) is 3.05. The first-order chi connectivity index (χ1) is 17.9. The SMILES string of the molecule is CCCCNC(=O)CN1CN(c2ccccc2)C2(CCN(C(=O)c3c(OC)cccc3OC)CC2)C1=O. The molecule has 0 radical (unpaired) electrons. The first-order valence-electron chi connectivity index (χ1n) is 12.8. The van der Waals surface area contributed by atoms with Crippen molar-refractivity contribution in [2.75, 3.05) is 52.0 Å². The Morgan fingerprint density at radius 2 is 1.62 bits per heavy atom. The van der Waals surface area contributed by atoms with Crippen LogP contribution in [0, 0.1) is 0 Å². The van der Waals surface area contributed by atoms with Crippen LogP contribution < -0.4 is 19.7 Å². The molecule has 0 atom stereocenters. The van der Waals surface area contributed by atoms with Gasteiger partial charge in [-0.05, 0) is 43.5 Å². The molecule has 4 rings (SSSR count).